The minimum atomic E-state index is -0.758. The molecule has 0 saturated carbocycles. The lowest BCUT2D eigenvalue weighted by molar-refractivity contribution is -0.136. The van der Waals surface area contributed by atoms with Crippen LogP contribution in [0.25, 0.3) is 0 Å². The summed E-state index contributed by atoms with van der Waals surface area (Å²) in [7, 11) is 0. The first-order chi connectivity index (χ1) is 22.4. The molecule has 0 radical (unpaired) electrons. The molecule has 6 rings (SSSR count). The molecular formula is C34H24Br2O11. The zero-order valence-electron chi connectivity index (χ0n) is 24.2. The van der Waals surface area contributed by atoms with Crippen LogP contribution in [0.15, 0.2) is 72.8 Å². The second-order valence-corrected chi connectivity index (χ2v) is 11.4. The fourth-order valence-electron chi connectivity index (χ4n) is 4.72. The number of halogens is 2. The molecule has 0 atom stereocenters. The summed E-state index contributed by atoms with van der Waals surface area (Å²) in [5.74, 6) is -4.46. The number of carbonyl (C=O) groups excluding carboxylic acids is 5. The van der Waals surface area contributed by atoms with Crippen molar-refractivity contribution in [1.82, 2.24) is 0 Å². The highest BCUT2D eigenvalue weighted by Crippen LogP contribution is 2.39. The Morgan fingerprint density at radius 1 is 0.553 bits per heavy atom. The monoisotopic (exact) mass is 766 g/mol. The summed E-state index contributed by atoms with van der Waals surface area (Å²) in [5.41, 5.74) is 1.06. The number of hydrogen-bond donors (Lipinski definition) is 4. The van der Waals surface area contributed by atoms with E-state index >= 15 is 0 Å². The molecule has 0 aromatic heterocycles. The highest BCUT2D eigenvalue weighted by atomic mass is 79.9. The van der Waals surface area contributed by atoms with Crippen LogP contribution < -0.4 is 4.74 Å². The summed E-state index contributed by atoms with van der Waals surface area (Å²) in [5, 5.41) is 38.3. The molecular weight excluding hydrogens is 744 g/mol. The second kappa shape index (κ2) is 15.0. The molecule has 0 saturated heterocycles. The number of carboxylic acid groups (broad SMARTS) is 1. The Balaban J connectivity index is 0.000000185. The van der Waals surface area contributed by atoms with Crippen molar-refractivity contribution >= 4 is 66.9 Å². The first-order valence-corrected chi connectivity index (χ1v) is 16.0. The molecule has 0 fully saturated rings. The van der Waals surface area contributed by atoms with Gasteiger partial charge in [0.15, 0.2) is 46.1 Å². The van der Waals surface area contributed by atoms with Crippen molar-refractivity contribution in [3.63, 3.8) is 0 Å². The molecule has 2 aliphatic carbocycles. The molecule has 240 valence electrons. The average molecular weight is 768 g/mol. The highest BCUT2D eigenvalue weighted by Gasteiger charge is 2.34. The fourth-order valence-corrected chi connectivity index (χ4v) is 5.39. The maximum atomic E-state index is 12.6. The Morgan fingerprint density at radius 3 is 1.40 bits per heavy atom. The molecule has 2 aliphatic rings. The number of aromatic hydroxyl groups is 3. The van der Waals surface area contributed by atoms with E-state index in [1.54, 1.807) is 36.4 Å². The molecule has 0 heterocycles. The van der Waals surface area contributed by atoms with Crippen molar-refractivity contribution in [1.29, 1.82) is 0 Å². The number of fused-ring (bicyclic) bond motifs is 4. The third kappa shape index (κ3) is 7.16. The summed E-state index contributed by atoms with van der Waals surface area (Å²) in [4.78, 5) is 70.5. The number of rotatable bonds is 5. The Kier molecular flexibility index (Phi) is 11.1. The quantitative estimate of drug-likeness (QED) is 0.0740. The minimum absolute atomic E-state index is 0.103. The van der Waals surface area contributed by atoms with Crippen LogP contribution in [0.5, 0.6) is 23.0 Å². The molecule has 0 unspecified atom stereocenters. The van der Waals surface area contributed by atoms with E-state index < -0.39 is 40.8 Å². The Bertz CT molecular complexity index is 1950. The normalized spacial score (nSPS) is 12.2. The number of ether oxygens (including phenoxy) is 1. The van der Waals surface area contributed by atoms with Crippen LogP contribution in [0.2, 0.25) is 0 Å². The van der Waals surface area contributed by atoms with E-state index in [9.17, 15) is 44.1 Å². The summed E-state index contributed by atoms with van der Waals surface area (Å²) in [6, 6.07) is 18.1. The van der Waals surface area contributed by atoms with E-state index in [1.165, 1.54) is 36.4 Å². The van der Waals surface area contributed by atoms with Gasteiger partial charge in [0, 0.05) is 44.0 Å². The lowest BCUT2D eigenvalue weighted by Crippen LogP contribution is -2.21. The smallest absolute Gasteiger partial charge is 0.312 e. The maximum absolute atomic E-state index is 12.6. The summed E-state index contributed by atoms with van der Waals surface area (Å²) in [6.07, 6.45) is 0.326. The molecule has 0 bridgehead atoms. The molecule has 0 aliphatic heterocycles. The van der Waals surface area contributed by atoms with Crippen molar-refractivity contribution in [3.05, 3.63) is 117 Å². The molecule has 4 N–H and O–H groups in total. The van der Waals surface area contributed by atoms with Gasteiger partial charge in [-0.15, -0.1) is 0 Å². The van der Waals surface area contributed by atoms with Gasteiger partial charge in [-0.2, -0.15) is 0 Å². The van der Waals surface area contributed by atoms with E-state index in [-0.39, 0.29) is 63.5 Å². The van der Waals surface area contributed by atoms with Gasteiger partial charge in [0.1, 0.15) is 0 Å². The van der Waals surface area contributed by atoms with Gasteiger partial charge < -0.3 is 25.2 Å². The summed E-state index contributed by atoms with van der Waals surface area (Å²) >= 11 is 6.08. The summed E-state index contributed by atoms with van der Waals surface area (Å²) < 4.78 is 5.04. The average Bonchev–Trinajstić information content (AvgIpc) is 3.05. The molecule has 47 heavy (non-hydrogen) atoms. The maximum Gasteiger partial charge on any atom is 0.312 e. The van der Waals surface area contributed by atoms with Crippen LogP contribution in [0, 0.1) is 0 Å². The zero-order chi connectivity index (χ0) is 34.4. The number of carbonyl (C=O) groups is 6. The lowest BCUT2D eigenvalue weighted by atomic mass is 9.83. The number of ketones is 4. The van der Waals surface area contributed by atoms with Gasteiger partial charge in [-0.3, -0.25) is 28.8 Å². The number of phenols is 3. The molecule has 0 spiro atoms. The summed E-state index contributed by atoms with van der Waals surface area (Å²) in [6.45, 7) is 0. The first kappa shape index (κ1) is 34.7. The van der Waals surface area contributed by atoms with Crippen LogP contribution >= 0.6 is 31.9 Å². The van der Waals surface area contributed by atoms with Crippen LogP contribution in [-0.2, 0) is 9.59 Å². The standard InChI is InChI=1S/C17H11BrO5.C14H8O4.C3H5BrO2/c18-8-7-13(19)23-12-6-5-11-14(17(12)22)16(21)10-4-2-1-3-9(10)15(11)20;15-10-6-5-9-11(14(10)18)13(17)8-4-2-1-3-7(8)12(9)16;4-2-1-3(5)6/h1-6,22H,7-8H2;1-6,15,18H;1-2H2,(H,5,6). The van der Waals surface area contributed by atoms with Gasteiger partial charge in [0.2, 0.25) is 0 Å². The molecule has 4 aromatic carbocycles. The van der Waals surface area contributed by atoms with Crippen LogP contribution in [0.3, 0.4) is 0 Å². The predicted molar refractivity (Wildman–Crippen MR) is 175 cm³/mol. The largest absolute Gasteiger partial charge is 0.504 e. The Labute approximate surface area is 283 Å². The third-order valence-electron chi connectivity index (χ3n) is 6.90. The molecule has 11 nitrogen and oxygen atoms in total. The number of carboxylic acids is 1. The number of esters is 1. The molecule has 13 heteroatoms. The SMILES string of the molecule is O=C(CCBr)Oc1ccc2c(c1O)C(=O)c1ccccc1C2=O.O=C(O)CCBr.O=C1c2ccccc2C(=O)c2c1ccc(O)c2O. The number of phenolic OH excluding ortho intramolecular Hbond substituents is 3. The van der Waals surface area contributed by atoms with Crippen molar-refractivity contribution in [2.24, 2.45) is 0 Å². The predicted octanol–water partition coefficient (Wildman–Crippen LogP) is 5.59. The van der Waals surface area contributed by atoms with E-state index in [0.29, 0.717) is 21.8 Å². The molecule has 4 aromatic rings. The second-order valence-electron chi connectivity index (χ2n) is 9.84. The number of alkyl halides is 2. The van der Waals surface area contributed by atoms with E-state index in [2.05, 4.69) is 31.9 Å². The Hall–Kier alpha value is -5.14. The molecule has 0 amide bonds. The van der Waals surface area contributed by atoms with Crippen LogP contribution in [0.1, 0.15) is 76.5 Å². The van der Waals surface area contributed by atoms with Gasteiger partial charge in [0.25, 0.3) is 0 Å². The van der Waals surface area contributed by atoms with Crippen molar-refractivity contribution < 1.29 is 53.9 Å². The van der Waals surface area contributed by atoms with Crippen molar-refractivity contribution in [2.45, 2.75) is 12.8 Å². The number of hydrogen-bond acceptors (Lipinski definition) is 10. The first-order valence-electron chi connectivity index (χ1n) is 13.7. The number of benzene rings is 4. The minimum Gasteiger partial charge on any atom is -0.504 e. The number of aliphatic carboxylic acids is 1. The van der Waals surface area contributed by atoms with E-state index in [0.717, 1.165) is 0 Å². The zero-order valence-corrected chi connectivity index (χ0v) is 27.3. The third-order valence-corrected chi connectivity index (χ3v) is 7.70. The van der Waals surface area contributed by atoms with E-state index in [1.807, 2.05) is 0 Å². The van der Waals surface area contributed by atoms with Gasteiger partial charge >= 0.3 is 11.9 Å². The topological polar surface area (TPSA) is 193 Å². The van der Waals surface area contributed by atoms with Gasteiger partial charge in [-0.25, -0.2) is 0 Å². The lowest BCUT2D eigenvalue weighted by Gasteiger charge is -2.19. The van der Waals surface area contributed by atoms with Gasteiger partial charge in [0.05, 0.1) is 24.0 Å². The van der Waals surface area contributed by atoms with Gasteiger partial charge in [-0.1, -0.05) is 80.4 Å². The van der Waals surface area contributed by atoms with E-state index in [4.69, 9.17) is 9.84 Å². The highest BCUT2D eigenvalue weighted by molar-refractivity contribution is 9.09. The van der Waals surface area contributed by atoms with Crippen molar-refractivity contribution in [2.75, 3.05) is 10.7 Å². The Morgan fingerprint density at radius 2 is 0.979 bits per heavy atom. The fraction of sp³-hybridized carbons (Fsp3) is 0.118. The van der Waals surface area contributed by atoms with Gasteiger partial charge in [-0.05, 0) is 24.3 Å². The van der Waals surface area contributed by atoms with Crippen LogP contribution in [0.4, 0.5) is 0 Å². The van der Waals surface area contributed by atoms with Crippen LogP contribution in [-0.4, -0.2) is 66.2 Å². The van der Waals surface area contributed by atoms with Crippen molar-refractivity contribution in [3.8, 4) is 23.0 Å².